The number of methoxy groups -OCH3 is 1. The van der Waals surface area contributed by atoms with Gasteiger partial charge in [-0.2, -0.15) is 5.10 Å². The Labute approximate surface area is 167 Å². The van der Waals surface area contributed by atoms with Crippen LogP contribution >= 0.6 is 24.0 Å². The SMILES string of the molecule is CCNC(=NCc1ccccc1Cn1cccn1)NC(C)COC.I. The topological polar surface area (TPSA) is 63.5 Å². The molecule has 7 heteroatoms. The normalized spacial score (nSPS) is 12.4. The van der Waals surface area contributed by atoms with E-state index in [-0.39, 0.29) is 30.0 Å². The molecular weight excluding hydrogens is 429 g/mol. The molecule has 0 aliphatic heterocycles. The number of nitrogens with one attached hydrogen (secondary N) is 2. The van der Waals surface area contributed by atoms with E-state index in [1.165, 1.54) is 11.1 Å². The van der Waals surface area contributed by atoms with Crippen molar-refractivity contribution < 1.29 is 4.74 Å². The monoisotopic (exact) mass is 457 g/mol. The van der Waals surface area contributed by atoms with Gasteiger partial charge in [0, 0.05) is 32.1 Å². The second kappa shape index (κ2) is 11.9. The standard InChI is InChI=1S/C18H27N5O.HI/c1-4-19-18(22-15(2)14-24-3)20-12-16-8-5-6-9-17(16)13-23-11-7-10-21-23;/h5-11,15H,4,12-14H2,1-3H3,(H2,19,20,22);1H. The Balaban J connectivity index is 0.00000312. The summed E-state index contributed by atoms with van der Waals surface area (Å²) in [6, 6.07) is 10.5. The van der Waals surface area contributed by atoms with Gasteiger partial charge in [0.1, 0.15) is 0 Å². The van der Waals surface area contributed by atoms with Crippen molar-refractivity contribution in [3.63, 3.8) is 0 Å². The molecule has 1 heterocycles. The molecule has 25 heavy (non-hydrogen) atoms. The fourth-order valence-corrected chi connectivity index (χ4v) is 2.44. The zero-order chi connectivity index (χ0) is 17.2. The maximum Gasteiger partial charge on any atom is 0.191 e. The highest BCUT2D eigenvalue weighted by atomic mass is 127. The molecule has 2 rings (SSSR count). The minimum absolute atomic E-state index is 0. The minimum atomic E-state index is 0. The maximum absolute atomic E-state index is 5.17. The van der Waals surface area contributed by atoms with E-state index in [4.69, 9.17) is 9.73 Å². The van der Waals surface area contributed by atoms with E-state index < -0.39 is 0 Å². The van der Waals surface area contributed by atoms with Crippen molar-refractivity contribution in [2.45, 2.75) is 33.0 Å². The predicted octanol–water partition coefficient (Wildman–Crippen LogP) is 2.64. The lowest BCUT2D eigenvalue weighted by Gasteiger charge is -2.17. The zero-order valence-corrected chi connectivity index (χ0v) is 17.4. The molecule has 0 bridgehead atoms. The molecule has 0 fully saturated rings. The summed E-state index contributed by atoms with van der Waals surface area (Å²) in [5, 5.41) is 10.9. The first-order valence-corrected chi connectivity index (χ1v) is 8.31. The van der Waals surface area contributed by atoms with E-state index >= 15 is 0 Å². The Morgan fingerprint density at radius 2 is 2.04 bits per heavy atom. The van der Waals surface area contributed by atoms with E-state index in [2.05, 4.69) is 47.8 Å². The van der Waals surface area contributed by atoms with Crippen molar-refractivity contribution in [3.8, 4) is 0 Å². The van der Waals surface area contributed by atoms with Crippen LogP contribution in [0, 0.1) is 0 Å². The summed E-state index contributed by atoms with van der Waals surface area (Å²) in [6.07, 6.45) is 3.77. The van der Waals surface area contributed by atoms with Gasteiger partial charge in [-0.3, -0.25) is 4.68 Å². The second-order valence-corrected chi connectivity index (χ2v) is 5.67. The Kier molecular flexibility index (Phi) is 10.2. The molecule has 1 unspecified atom stereocenters. The molecule has 0 saturated carbocycles. The molecule has 0 amide bonds. The fourth-order valence-electron chi connectivity index (χ4n) is 2.44. The van der Waals surface area contributed by atoms with Crippen LogP contribution in [0.5, 0.6) is 0 Å². The summed E-state index contributed by atoms with van der Waals surface area (Å²) in [5.41, 5.74) is 2.43. The first-order valence-electron chi connectivity index (χ1n) is 8.31. The van der Waals surface area contributed by atoms with Crippen LogP contribution in [-0.2, 0) is 17.8 Å². The summed E-state index contributed by atoms with van der Waals surface area (Å²) in [5.74, 6) is 0.802. The lowest BCUT2D eigenvalue weighted by Crippen LogP contribution is -2.43. The summed E-state index contributed by atoms with van der Waals surface area (Å²) >= 11 is 0. The Morgan fingerprint density at radius 3 is 2.68 bits per heavy atom. The zero-order valence-electron chi connectivity index (χ0n) is 15.1. The third-order valence-electron chi connectivity index (χ3n) is 3.56. The van der Waals surface area contributed by atoms with E-state index in [0.717, 1.165) is 19.0 Å². The number of hydrogen-bond acceptors (Lipinski definition) is 3. The van der Waals surface area contributed by atoms with Crippen molar-refractivity contribution >= 4 is 29.9 Å². The third-order valence-corrected chi connectivity index (χ3v) is 3.56. The largest absolute Gasteiger partial charge is 0.383 e. The van der Waals surface area contributed by atoms with Gasteiger partial charge in [0.15, 0.2) is 5.96 Å². The van der Waals surface area contributed by atoms with E-state index in [0.29, 0.717) is 13.2 Å². The molecule has 1 atom stereocenters. The van der Waals surface area contributed by atoms with E-state index in [1.807, 2.05) is 23.0 Å². The van der Waals surface area contributed by atoms with Crippen molar-refractivity contribution in [2.75, 3.05) is 20.3 Å². The van der Waals surface area contributed by atoms with Crippen LogP contribution in [0.3, 0.4) is 0 Å². The number of guanidine groups is 1. The molecule has 0 aliphatic carbocycles. The van der Waals surface area contributed by atoms with Crippen LogP contribution in [0.1, 0.15) is 25.0 Å². The van der Waals surface area contributed by atoms with Crippen molar-refractivity contribution in [3.05, 3.63) is 53.9 Å². The average molecular weight is 457 g/mol. The summed E-state index contributed by atoms with van der Waals surface area (Å²) < 4.78 is 7.09. The maximum atomic E-state index is 5.17. The number of halogens is 1. The van der Waals surface area contributed by atoms with Crippen LogP contribution in [0.2, 0.25) is 0 Å². The Bertz CT molecular complexity index is 630. The lowest BCUT2D eigenvalue weighted by atomic mass is 10.1. The van der Waals surface area contributed by atoms with Gasteiger partial charge in [0.2, 0.25) is 0 Å². The predicted molar refractivity (Wildman–Crippen MR) is 112 cm³/mol. The summed E-state index contributed by atoms with van der Waals surface area (Å²) in [7, 11) is 1.70. The van der Waals surface area contributed by atoms with Gasteiger partial charge >= 0.3 is 0 Å². The average Bonchev–Trinajstić information content (AvgIpc) is 3.07. The van der Waals surface area contributed by atoms with Crippen molar-refractivity contribution in [1.82, 2.24) is 20.4 Å². The highest BCUT2D eigenvalue weighted by molar-refractivity contribution is 14.0. The molecule has 2 N–H and O–H groups in total. The number of aromatic nitrogens is 2. The molecule has 0 aliphatic rings. The molecule has 0 spiro atoms. The van der Waals surface area contributed by atoms with Gasteiger partial charge in [-0.25, -0.2) is 4.99 Å². The molecule has 1 aromatic carbocycles. The van der Waals surface area contributed by atoms with Crippen molar-refractivity contribution in [1.29, 1.82) is 0 Å². The number of hydrogen-bond donors (Lipinski definition) is 2. The quantitative estimate of drug-likeness (QED) is 0.364. The molecule has 6 nitrogen and oxygen atoms in total. The van der Waals surface area contributed by atoms with Crippen LogP contribution in [0.4, 0.5) is 0 Å². The smallest absolute Gasteiger partial charge is 0.191 e. The number of ether oxygens (including phenoxy) is 1. The summed E-state index contributed by atoms with van der Waals surface area (Å²) in [6.45, 7) is 6.96. The molecule has 0 saturated heterocycles. The van der Waals surface area contributed by atoms with Gasteiger partial charge in [-0.05, 0) is 31.0 Å². The number of rotatable bonds is 8. The molecule has 138 valence electrons. The van der Waals surface area contributed by atoms with E-state index in [1.54, 1.807) is 13.3 Å². The first-order chi connectivity index (χ1) is 11.7. The molecular formula is C18H28IN5O. The molecule has 0 radical (unpaired) electrons. The first kappa shape index (κ1) is 21.4. The highest BCUT2D eigenvalue weighted by Crippen LogP contribution is 2.11. The fraction of sp³-hybridized carbons (Fsp3) is 0.444. The van der Waals surface area contributed by atoms with Gasteiger partial charge in [0.25, 0.3) is 0 Å². The Morgan fingerprint density at radius 1 is 1.28 bits per heavy atom. The van der Waals surface area contributed by atoms with Gasteiger partial charge in [0.05, 0.1) is 19.7 Å². The van der Waals surface area contributed by atoms with Crippen LogP contribution in [0.25, 0.3) is 0 Å². The minimum Gasteiger partial charge on any atom is -0.383 e. The molecule has 2 aromatic rings. The van der Waals surface area contributed by atoms with Crippen molar-refractivity contribution in [2.24, 2.45) is 4.99 Å². The van der Waals surface area contributed by atoms with Gasteiger partial charge in [-0.15, -0.1) is 24.0 Å². The number of nitrogens with zero attached hydrogens (tertiary/aromatic N) is 3. The number of benzene rings is 1. The third kappa shape index (κ3) is 7.43. The highest BCUT2D eigenvalue weighted by Gasteiger charge is 2.06. The second-order valence-electron chi connectivity index (χ2n) is 5.67. The van der Waals surface area contributed by atoms with E-state index in [9.17, 15) is 0 Å². The van der Waals surface area contributed by atoms with Crippen LogP contribution in [-0.4, -0.2) is 42.0 Å². The number of aliphatic imine (C=N–C) groups is 1. The Hall–Kier alpha value is -1.61. The van der Waals surface area contributed by atoms with Crippen LogP contribution < -0.4 is 10.6 Å². The van der Waals surface area contributed by atoms with Gasteiger partial charge in [-0.1, -0.05) is 24.3 Å². The summed E-state index contributed by atoms with van der Waals surface area (Å²) in [4.78, 5) is 4.71. The van der Waals surface area contributed by atoms with Crippen LogP contribution in [0.15, 0.2) is 47.7 Å². The van der Waals surface area contributed by atoms with Gasteiger partial charge < -0.3 is 15.4 Å². The molecule has 1 aromatic heterocycles. The lowest BCUT2D eigenvalue weighted by molar-refractivity contribution is 0.179.